The van der Waals surface area contributed by atoms with E-state index in [2.05, 4.69) is 94.5 Å². The highest BCUT2D eigenvalue weighted by Gasteiger charge is 2.49. The van der Waals surface area contributed by atoms with Gasteiger partial charge in [-0.05, 0) is 163 Å². The van der Waals surface area contributed by atoms with E-state index in [-0.39, 0.29) is 77.4 Å². The third kappa shape index (κ3) is 21.5. The maximum absolute atomic E-state index is 14.8. The maximum atomic E-state index is 14.8. The minimum Gasteiger partial charge on any atom is -0.354 e. The van der Waals surface area contributed by atoms with E-state index in [0.717, 1.165) is 95.7 Å². The van der Waals surface area contributed by atoms with E-state index in [1.807, 2.05) is 106 Å². The predicted molar refractivity (Wildman–Crippen MR) is 382 cm³/mol. The molecule has 4 aliphatic heterocycles. The lowest BCUT2D eigenvalue weighted by Gasteiger charge is -2.34. The Kier molecular flexibility index (Phi) is 29.8. The molecule has 0 spiro atoms. The Bertz CT molecular complexity index is 3060. The molecule has 9 rings (SSSR count). The zero-order valence-corrected chi connectivity index (χ0v) is 58.4. The molecule has 19 nitrogen and oxygen atoms in total. The fourth-order valence-corrected chi connectivity index (χ4v) is 16.2. The molecule has 1 aliphatic carbocycles. The molecular weight excluding hydrogens is 1220 g/mol. The fraction of sp³-hybridized carbons (Fsp3) is 0.603. The van der Waals surface area contributed by atoms with Crippen molar-refractivity contribution >= 4 is 41.4 Å². The van der Waals surface area contributed by atoms with Crippen LogP contribution in [0.25, 0.3) is 0 Å². The summed E-state index contributed by atoms with van der Waals surface area (Å²) in [6, 6.07) is 34.9. The van der Waals surface area contributed by atoms with E-state index in [1.54, 1.807) is 11.9 Å². The molecule has 0 radical (unpaired) electrons. The summed E-state index contributed by atoms with van der Waals surface area (Å²) in [6.45, 7) is 8.53. The van der Waals surface area contributed by atoms with Crippen LogP contribution in [0.1, 0.15) is 189 Å². The second-order valence-electron chi connectivity index (χ2n) is 28.3. The third-order valence-electron chi connectivity index (χ3n) is 22.0. The van der Waals surface area contributed by atoms with Crippen molar-refractivity contribution in [2.75, 3.05) is 46.8 Å². The topological polar surface area (TPSA) is 246 Å². The van der Waals surface area contributed by atoms with Gasteiger partial charge in [0.05, 0.1) is 18.1 Å². The van der Waals surface area contributed by atoms with Gasteiger partial charge in [-0.3, -0.25) is 38.5 Å². The Labute approximate surface area is 577 Å². The molecule has 10 N–H and O–H groups in total. The normalized spacial score (nSPS) is 24.6. The molecule has 7 amide bonds. The molecule has 97 heavy (non-hydrogen) atoms. The average molecular weight is 1330 g/mol. The van der Waals surface area contributed by atoms with Gasteiger partial charge >= 0.3 is 0 Å². The van der Waals surface area contributed by atoms with Crippen molar-refractivity contribution in [2.24, 2.45) is 23.7 Å². The Morgan fingerprint density at radius 3 is 1.39 bits per heavy atom. The Balaban J connectivity index is 0.693. The summed E-state index contributed by atoms with van der Waals surface area (Å²) < 4.78 is 0. The second kappa shape index (κ2) is 38.9. The first-order valence-electron chi connectivity index (χ1n) is 37.1. The van der Waals surface area contributed by atoms with Gasteiger partial charge in [-0.2, -0.15) is 0 Å². The molecule has 4 saturated heterocycles. The first kappa shape index (κ1) is 74.2. The van der Waals surface area contributed by atoms with Gasteiger partial charge in [0.1, 0.15) is 24.2 Å². The number of hydrogen-bond donors (Lipinski definition) is 10. The first-order chi connectivity index (χ1) is 47.3. The zero-order valence-electron chi connectivity index (χ0n) is 58.4. The van der Waals surface area contributed by atoms with Crippen molar-refractivity contribution in [1.82, 2.24) is 63.0 Å². The lowest BCUT2D eigenvalue weighted by atomic mass is 9.78. The maximum Gasteiger partial charge on any atom is 0.247 e. The first-order valence-corrected chi connectivity index (χ1v) is 37.1. The number of unbranched alkanes of at least 4 members (excludes halogenated alkanes) is 2. The molecule has 528 valence electrons. The van der Waals surface area contributed by atoms with E-state index in [1.165, 1.54) is 36.8 Å². The minimum atomic E-state index is -0.941. The van der Waals surface area contributed by atoms with Crippen LogP contribution in [0, 0.1) is 23.7 Å². The second-order valence-corrected chi connectivity index (χ2v) is 28.3. The highest BCUT2D eigenvalue weighted by Crippen LogP contribution is 2.38. The number of carbonyl (C=O) groups excluding carboxylic acids is 7. The summed E-state index contributed by atoms with van der Waals surface area (Å²) in [5.74, 6) is -0.0346. The van der Waals surface area contributed by atoms with Crippen LogP contribution >= 0.6 is 0 Å². The van der Waals surface area contributed by atoms with Gasteiger partial charge < -0.3 is 58.1 Å². The molecule has 4 aromatic rings. The molecule has 0 aromatic heterocycles. The van der Waals surface area contributed by atoms with Gasteiger partial charge in [0, 0.05) is 50.8 Å². The molecule has 0 unspecified atom stereocenters. The van der Waals surface area contributed by atoms with Crippen molar-refractivity contribution in [2.45, 2.75) is 229 Å². The number of carbonyl (C=O) groups is 7. The molecule has 19 heteroatoms. The van der Waals surface area contributed by atoms with Crippen LogP contribution in [0.4, 0.5) is 0 Å². The Morgan fingerprint density at radius 1 is 0.454 bits per heavy atom. The standard InChI is InChI=1S/C78H114N12O7/c1-5-64(79-3)72(91)85-66-53-89-62(39-37-58(66)45-49-81-51-56-25-11-7-12-26-56)41-43-67(89)74(93)86-69(59-29-15-9-16-30-59)76(95)83-47-21-19-23-54-33-35-55(36-34-54)24-20-22-48-84-77(96)70(60-31-17-10-18-32-60)87-75(94)68-44-42-63-40-38-61(46-50-82-52-57-27-13-8-14-28-57)71(78(97)90(63)68)88-73(92)65(6-2)80-4/h7-18,25-32,54-55,58,61-71,79-82H,5-6,19-24,33-53H2,1-4H3,(H,83,95)(H,84,96)(H,85,91)(H,86,93)(H,87,94)(H,88,92)/t54?,55?,58-,61-,62+,63+,64+,65+,66-,67+,68+,69+,70+,71+/m1/s1. The molecular formula is C78H114N12O7. The van der Waals surface area contributed by atoms with Gasteiger partial charge in [-0.15, -0.1) is 0 Å². The van der Waals surface area contributed by atoms with E-state index < -0.39 is 36.3 Å². The molecule has 4 aromatic carbocycles. The van der Waals surface area contributed by atoms with Crippen LogP contribution in [0.5, 0.6) is 0 Å². The van der Waals surface area contributed by atoms with Crippen molar-refractivity contribution in [1.29, 1.82) is 0 Å². The largest absolute Gasteiger partial charge is 0.354 e. The van der Waals surface area contributed by atoms with Crippen LogP contribution in [0.15, 0.2) is 121 Å². The highest BCUT2D eigenvalue weighted by atomic mass is 16.2. The number of amides is 7. The van der Waals surface area contributed by atoms with E-state index in [4.69, 9.17) is 0 Å². The average Bonchev–Trinajstić information content (AvgIpc) is 1.66. The van der Waals surface area contributed by atoms with Crippen LogP contribution in [-0.4, -0.2) is 146 Å². The van der Waals surface area contributed by atoms with E-state index in [0.29, 0.717) is 88.6 Å². The lowest BCUT2D eigenvalue weighted by molar-refractivity contribution is -0.144. The van der Waals surface area contributed by atoms with Crippen LogP contribution in [-0.2, 0) is 46.7 Å². The number of rotatable bonds is 36. The Morgan fingerprint density at radius 2 is 0.887 bits per heavy atom. The van der Waals surface area contributed by atoms with Gasteiger partial charge in [0.15, 0.2) is 0 Å². The zero-order chi connectivity index (χ0) is 68.3. The predicted octanol–water partition coefficient (Wildman–Crippen LogP) is 8.42. The lowest BCUT2D eigenvalue weighted by Crippen LogP contribution is -2.58. The smallest absolute Gasteiger partial charge is 0.247 e. The number of nitrogens with zero attached hydrogens (tertiary/aromatic N) is 2. The summed E-state index contributed by atoms with van der Waals surface area (Å²) in [4.78, 5) is 103. The number of fused-ring (bicyclic) bond motifs is 2. The SMILES string of the molecule is CC[C@H](NC)C(=O)N[C@@H]1C(=O)N2[C@@H](CC[C@@H]1CCNCc1ccccc1)CC[C@H]2C(=O)N[C@H](C(=O)NCCCCC1CCC(CCCCNC(=O)[C@@H](NC(=O)[C@@H]2CC[C@@H]3CC[C@H](CCNCc4ccccc4)[C@H](NC(=O)[C@H](CC)NC)CN32)c2ccccc2)CC1)c1ccccc1. The summed E-state index contributed by atoms with van der Waals surface area (Å²) in [5.41, 5.74) is 3.83. The van der Waals surface area contributed by atoms with E-state index >= 15 is 0 Å². The van der Waals surface area contributed by atoms with Gasteiger partial charge in [0.2, 0.25) is 41.4 Å². The molecule has 5 fully saturated rings. The fourth-order valence-electron chi connectivity index (χ4n) is 16.2. The number of nitrogens with one attached hydrogen (secondary N) is 10. The quantitative estimate of drug-likeness (QED) is 0.0193. The molecule has 1 saturated carbocycles. The van der Waals surface area contributed by atoms with Crippen LogP contribution in [0.3, 0.4) is 0 Å². The van der Waals surface area contributed by atoms with Crippen molar-refractivity contribution < 1.29 is 33.6 Å². The van der Waals surface area contributed by atoms with Gasteiger partial charge in [-0.1, -0.05) is 187 Å². The van der Waals surface area contributed by atoms with Gasteiger partial charge in [0.25, 0.3) is 0 Å². The number of hydrogen-bond acceptors (Lipinski definition) is 12. The molecule has 12 atom stereocenters. The summed E-state index contributed by atoms with van der Waals surface area (Å²) in [5, 5.41) is 32.6. The van der Waals surface area contributed by atoms with Crippen molar-refractivity contribution in [3.63, 3.8) is 0 Å². The van der Waals surface area contributed by atoms with Gasteiger partial charge in [-0.25, -0.2) is 0 Å². The van der Waals surface area contributed by atoms with E-state index in [9.17, 15) is 33.6 Å². The highest BCUT2D eigenvalue weighted by molar-refractivity contribution is 5.96. The minimum absolute atomic E-state index is 0.00817. The van der Waals surface area contributed by atoms with Crippen LogP contribution in [0.2, 0.25) is 0 Å². The number of likely N-dealkylation sites (N-methyl/N-ethyl adjacent to an activating group) is 2. The molecule has 4 heterocycles. The molecule has 0 bridgehead atoms. The molecule has 5 aliphatic rings. The Hall–Kier alpha value is -7.03. The number of benzene rings is 4. The van der Waals surface area contributed by atoms with Crippen molar-refractivity contribution in [3.05, 3.63) is 144 Å². The van der Waals surface area contributed by atoms with Crippen molar-refractivity contribution in [3.8, 4) is 0 Å². The van der Waals surface area contributed by atoms with Crippen LogP contribution < -0.4 is 53.2 Å². The monoisotopic (exact) mass is 1330 g/mol. The summed E-state index contributed by atoms with van der Waals surface area (Å²) >= 11 is 0. The summed E-state index contributed by atoms with van der Waals surface area (Å²) in [7, 11) is 3.57. The summed E-state index contributed by atoms with van der Waals surface area (Å²) in [6.07, 6.45) is 19.6. The third-order valence-corrected chi connectivity index (χ3v) is 22.0.